The van der Waals surface area contributed by atoms with E-state index in [1.807, 2.05) is 38.1 Å². The lowest BCUT2D eigenvalue weighted by Crippen LogP contribution is -2.29. The highest BCUT2D eigenvalue weighted by atomic mass is 19.1. The van der Waals surface area contributed by atoms with Crippen LogP contribution in [0.3, 0.4) is 0 Å². The van der Waals surface area contributed by atoms with Gasteiger partial charge >= 0.3 is 0 Å². The van der Waals surface area contributed by atoms with Crippen LogP contribution in [0.2, 0.25) is 0 Å². The van der Waals surface area contributed by atoms with Crippen molar-refractivity contribution in [3.8, 4) is 0 Å². The van der Waals surface area contributed by atoms with Crippen LogP contribution in [0.1, 0.15) is 40.9 Å². The third-order valence-corrected chi connectivity index (χ3v) is 5.79. The van der Waals surface area contributed by atoms with Crippen LogP contribution in [0, 0.1) is 12.7 Å². The summed E-state index contributed by atoms with van der Waals surface area (Å²) in [6.45, 7) is 3.99. The molecule has 0 spiro atoms. The smallest absolute Gasteiger partial charge is 0.261 e. The van der Waals surface area contributed by atoms with E-state index in [-0.39, 0.29) is 36.4 Å². The molecule has 178 valence electrons. The number of nitrogens with one attached hydrogen (secondary N) is 2. The first-order chi connectivity index (χ1) is 16.8. The van der Waals surface area contributed by atoms with Crippen molar-refractivity contribution >= 4 is 28.4 Å². The molecular formula is C27H25FN4O3. The molecule has 1 unspecified atom stereocenters. The molecule has 4 rings (SSSR count). The van der Waals surface area contributed by atoms with Gasteiger partial charge in [0.05, 0.1) is 23.3 Å². The largest absolute Gasteiger partial charge is 0.350 e. The number of fused-ring (bicyclic) bond motifs is 1. The van der Waals surface area contributed by atoms with Crippen LogP contribution in [-0.2, 0) is 11.3 Å². The van der Waals surface area contributed by atoms with E-state index >= 15 is 0 Å². The van der Waals surface area contributed by atoms with Gasteiger partial charge in [0.1, 0.15) is 5.82 Å². The lowest BCUT2D eigenvalue weighted by atomic mass is 10.1. The van der Waals surface area contributed by atoms with Crippen molar-refractivity contribution in [2.75, 3.05) is 5.32 Å². The average Bonchev–Trinajstić information content (AvgIpc) is 2.85. The molecule has 0 aliphatic heterocycles. The van der Waals surface area contributed by atoms with E-state index in [2.05, 4.69) is 15.6 Å². The van der Waals surface area contributed by atoms with E-state index < -0.39 is 5.82 Å². The summed E-state index contributed by atoms with van der Waals surface area (Å²) in [5.74, 6) is -0.937. The molecule has 1 atom stereocenters. The third-order valence-electron chi connectivity index (χ3n) is 5.79. The zero-order chi connectivity index (χ0) is 24.9. The lowest BCUT2D eigenvalue weighted by molar-refractivity contribution is -0.122. The van der Waals surface area contributed by atoms with Crippen molar-refractivity contribution in [3.05, 3.63) is 106 Å². The second kappa shape index (κ2) is 10.3. The fraction of sp³-hybridized carbons (Fsp3) is 0.185. The summed E-state index contributed by atoms with van der Waals surface area (Å²) >= 11 is 0. The van der Waals surface area contributed by atoms with E-state index in [0.29, 0.717) is 22.2 Å². The molecule has 8 heteroatoms. The molecule has 1 aromatic heterocycles. The van der Waals surface area contributed by atoms with Gasteiger partial charge in [0.15, 0.2) is 0 Å². The maximum absolute atomic E-state index is 13.0. The Morgan fingerprint density at radius 3 is 2.46 bits per heavy atom. The van der Waals surface area contributed by atoms with Gasteiger partial charge in [-0.3, -0.25) is 19.0 Å². The average molecular weight is 473 g/mol. The number of anilines is 1. The Morgan fingerprint density at radius 1 is 1.03 bits per heavy atom. The second-order valence-electron chi connectivity index (χ2n) is 8.34. The summed E-state index contributed by atoms with van der Waals surface area (Å²) in [4.78, 5) is 41.8. The van der Waals surface area contributed by atoms with Gasteiger partial charge in [0.25, 0.3) is 11.5 Å². The van der Waals surface area contributed by atoms with Crippen LogP contribution in [0.25, 0.3) is 10.9 Å². The molecule has 2 N–H and O–H groups in total. The Morgan fingerprint density at radius 2 is 1.74 bits per heavy atom. The SMILES string of the molecule is Cc1cccc2c(=O)n(CCC(=O)NC(C)c3ccc(NC(=O)c4ccc(F)cc4)cc3)cnc12. The maximum Gasteiger partial charge on any atom is 0.261 e. The number of nitrogens with zero attached hydrogens (tertiary/aromatic N) is 2. The monoisotopic (exact) mass is 472 g/mol. The van der Waals surface area contributed by atoms with Crippen molar-refractivity contribution in [1.82, 2.24) is 14.9 Å². The zero-order valence-corrected chi connectivity index (χ0v) is 19.4. The number of rotatable bonds is 7. The number of carbonyl (C=O) groups excluding carboxylic acids is 2. The highest BCUT2D eigenvalue weighted by molar-refractivity contribution is 6.04. The van der Waals surface area contributed by atoms with Crippen LogP contribution in [0.15, 0.2) is 77.9 Å². The summed E-state index contributed by atoms with van der Waals surface area (Å²) in [6.07, 6.45) is 1.61. The first kappa shape index (κ1) is 23.8. The highest BCUT2D eigenvalue weighted by Gasteiger charge is 2.12. The summed E-state index contributed by atoms with van der Waals surface area (Å²) < 4.78 is 14.5. The van der Waals surface area contributed by atoms with Crippen molar-refractivity contribution in [3.63, 3.8) is 0 Å². The number of amides is 2. The van der Waals surface area contributed by atoms with Gasteiger partial charge in [0, 0.05) is 24.2 Å². The molecule has 0 bridgehead atoms. The Hall–Kier alpha value is -4.33. The summed E-state index contributed by atoms with van der Waals surface area (Å²) in [7, 11) is 0. The predicted molar refractivity (Wildman–Crippen MR) is 133 cm³/mol. The number of carbonyl (C=O) groups is 2. The fourth-order valence-corrected chi connectivity index (χ4v) is 3.78. The van der Waals surface area contributed by atoms with Gasteiger partial charge in [-0.25, -0.2) is 9.37 Å². The molecule has 7 nitrogen and oxygen atoms in total. The number of aromatic nitrogens is 2. The Labute approximate surface area is 201 Å². The van der Waals surface area contributed by atoms with E-state index in [9.17, 15) is 18.8 Å². The molecule has 0 aliphatic rings. The third kappa shape index (κ3) is 5.60. The van der Waals surface area contributed by atoms with Crippen LogP contribution in [-0.4, -0.2) is 21.4 Å². The summed E-state index contributed by atoms with van der Waals surface area (Å²) in [5, 5.41) is 6.22. The molecule has 4 aromatic rings. The van der Waals surface area contributed by atoms with E-state index in [1.165, 1.54) is 35.2 Å². The number of hydrogen-bond acceptors (Lipinski definition) is 4. The highest BCUT2D eigenvalue weighted by Crippen LogP contribution is 2.17. The quantitative estimate of drug-likeness (QED) is 0.418. The van der Waals surface area contributed by atoms with Gasteiger partial charge in [0.2, 0.25) is 5.91 Å². The molecule has 2 amide bonds. The van der Waals surface area contributed by atoms with Crippen LogP contribution in [0.4, 0.5) is 10.1 Å². The minimum absolute atomic E-state index is 0.134. The van der Waals surface area contributed by atoms with Crippen LogP contribution in [0.5, 0.6) is 0 Å². The summed E-state index contributed by atoms with van der Waals surface area (Å²) in [6, 6.07) is 17.6. The van der Waals surface area contributed by atoms with Crippen molar-refractivity contribution in [2.24, 2.45) is 0 Å². The first-order valence-electron chi connectivity index (χ1n) is 11.2. The fourth-order valence-electron chi connectivity index (χ4n) is 3.78. The minimum atomic E-state index is -0.405. The van der Waals surface area contributed by atoms with Gasteiger partial charge in [-0.1, -0.05) is 24.3 Å². The number of para-hydroxylation sites is 1. The molecule has 0 saturated carbocycles. The molecule has 3 aromatic carbocycles. The number of hydrogen-bond donors (Lipinski definition) is 2. The number of aryl methyl sites for hydroxylation is 2. The van der Waals surface area contributed by atoms with Gasteiger partial charge in [-0.2, -0.15) is 0 Å². The molecule has 0 saturated heterocycles. The number of halogens is 1. The predicted octanol–water partition coefficient (Wildman–Crippen LogP) is 4.36. The second-order valence-corrected chi connectivity index (χ2v) is 8.34. The minimum Gasteiger partial charge on any atom is -0.350 e. The molecule has 0 fully saturated rings. The van der Waals surface area contributed by atoms with E-state index in [1.54, 1.807) is 18.2 Å². The van der Waals surface area contributed by atoms with Crippen LogP contribution < -0.4 is 16.2 Å². The lowest BCUT2D eigenvalue weighted by Gasteiger charge is -2.15. The van der Waals surface area contributed by atoms with Gasteiger partial charge in [-0.15, -0.1) is 0 Å². The molecule has 0 aliphatic carbocycles. The zero-order valence-electron chi connectivity index (χ0n) is 19.4. The number of benzene rings is 3. The van der Waals surface area contributed by atoms with Gasteiger partial charge < -0.3 is 10.6 Å². The van der Waals surface area contributed by atoms with E-state index in [0.717, 1.165) is 11.1 Å². The Kier molecular flexibility index (Phi) is 7.01. The first-order valence-corrected chi connectivity index (χ1v) is 11.2. The van der Waals surface area contributed by atoms with Crippen molar-refractivity contribution < 1.29 is 14.0 Å². The maximum atomic E-state index is 13.0. The van der Waals surface area contributed by atoms with Gasteiger partial charge in [-0.05, 0) is 67.4 Å². The Bertz CT molecular complexity index is 1430. The van der Waals surface area contributed by atoms with Crippen LogP contribution >= 0.6 is 0 Å². The molecule has 35 heavy (non-hydrogen) atoms. The topological polar surface area (TPSA) is 93.1 Å². The van der Waals surface area contributed by atoms with Crippen molar-refractivity contribution in [1.29, 1.82) is 0 Å². The molecule has 1 heterocycles. The van der Waals surface area contributed by atoms with E-state index in [4.69, 9.17) is 0 Å². The Balaban J connectivity index is 1.32. The standard InChI is InChI=1S/C27H25FN4O3/c1-17-4-3-5-23-25(17)29-16-32(27(23)35)15-14-24(33)30-18(2)19-8-12-22(13-9-19)31-26(34)20-6-10-21(28)11-7-20/h3-13,16,18H,14-15H2,1-2H3,(H,30,33)(H,31,34). The summed E-state index contributed by atoms with van der Waals surface area (Å²) in [5.41, 5.74) is 3.23. The van der Waals surface area contributed by atoms with Crippen molar-refractivity contribution in [2.45, 2.75) is 32.9 Å². The molecular weight excluding hydrogens is 447 g/mol. The molecule has 0 radical (unpaired) electrons. The normalized spacial score (nSPS) is 11.7.